The van der Waals surface area contributed by atoms with Crippen LogP contribution in [0.3, 0.4) is 0 Å². The molecule has 0 radical (unpaired) electrons. The molecule has 0 saturated heterocycles. The van der Waals surface area contributed by atoms with Crippen molar-refractivity contribution in [2.24, 2.45) is 0 Å². The number of ether oxygens (including phenoxy) is 2. The van der Waals surface area contributed by atoms with Gasteiger partial charge in [-0.05, 0) is 17.5 Å². The van der Waals surface area contributed by atoms with E-state index in [1.807, 2.05) is 11.4 Å². The van der Waals surface area contributed by atoms with E-state index in [-0.39, 0.29) is 0 Å². The molecule has 90 valence electrons. The van der Waals surface area contributed by atoms with Crippen molar-refractivity contribution in [2.75, 3.05) is 14.2 Å². The lowest BCUT2D eigenvalue weighted by molar-refractivity contribution is 0.218. The monoisotopic (exact) mass is 251 g/mol. The van der Waals surface area contributed by atoms with Gasteiger partial charge in [0.1, 0.15) is 17.6 Å². The first-order valence-corrected chi connectivity index (χ1v) is 5.92. The third-order valence-corrected chi connectivity index (χ3v) is 3.36. The maximum atomic E-state index is 10.2. The van der Waals surface area contributed by atoms with Gasteiger partial charge in [-0.3, -0.25) is 4.98 Å². The summed E-state index contributed by atoms with van der Waals surface area (Å²) < 4.78 is 10.3. The number of methoxy groups -OCH3 is 2. The second-order valence-corrected chi connectivity index (χ2v) is 4.36. The van der Waals surface area contributed by atoms with Gasteiger partial charge in [-0.1, -0.05) is 0 Å². The van der Waals surface area contributed by atoms with Crippen molar-refractivity contribution in [1.82, 2.24) is 4.98 Å². The molecule has 0 spiro atoms. The summed E-state index contributed by atoms with van der Waals surface area (Å²) in [4.78, 5) is 4.79. The van der Waals surface area contributed by atoms with Gasteiger partial charge in [0.2, 0.25) is 0 Å². The Morgan fingerprint density at radius 1 is 1.29 bits per heavy atom. The van der Waals surface area contributed by atoms with Gasteiger partial charge in [-0.2, -0.15) is 0 Å². The van der Waals surface area contributed by atoms with Gasteiger partial charge < -0.3 is 14.6 Å². The van der Waals surface area contributed by atoms with E-state index in [2.05, 4.69) is 4.98 Å². The van der Waals surface area contributed by atoms with Crippen LogP contribution in [0.15, 0.2) is 29.9 Å². The molecule has 0 aromatic carbocycles. The third-order valence-electron chi connectivity index (χ3n) is 2.41. The van der Waals surface area contributed by atoms with E-state index in [0.717, 1.165) is 4.88 Å². The molecule has 2 aromatic rings. The molecule has 1 N–H and O–H groups in total. The molecule has 0 aliphatic carbocycles. The molecule has 5 heteroatoms. The molecule has 0 saturated carbocycles. The summed E-state index contributed by atoms with van der Waals surface area (Å²) >= 11 is 1.45. The number of pyridine rings is 1. The van der Waals surface area contributed by atoms with Crippen LogP contribution in [0.2, 0.25) is 0 Å². The number of rotatable bonds is 4. The summed E-state index contributed by atoms with van der Waals surface area (Å²) in [6.07, 6.45) is 2.47. The van der Waals surface area contributed by atoms with Crippen molar-refractivity contribution >= 4 is 11.3 Å². The van der Waals surface area contributed by atoms with Crippen LogP contribution in [0.25, 0.3) is 0 Å². The highest BCUT2D eigenvalue weighted by Crippen LogP contribution is 2.35. The molecule has 2 rings (SSSR count). The number of thiophene rings is 1. The van der Waals surface area contributed by atoms with Gasteiger partial charge in [-0.15, -0.1) is 11.3 Å². The number of aliphatic hydroxyl groups is 1. The molecule has 2 heterocycles. The Morgan fingerprint density at radius 2 is 2.12 bits per heavy atom. The normalized spacial score (nSPS) is 12.2. The van der Waals surface area contributed by atoms with Crippen LogP contribution in [-0.2, 0) is 0 Å². The van der Waals surface area contributed by atoms with Crippen LogP contribution >= 0.6 is 11.3 Å². The lowest BCUT2D eigenvalue weighted by Crippen LogP contribution is -2.00. The lowest BCUT2D eigenvalue weighted by Gasteiger charge is -2.11. The molecule has 0 aliphatic rings. The van der Waals surface area contributed by atoms with Crippen LogP contribution in [0, 0.1) is 0 Å². The van der Waals surface area contributed by atoms with E-state index in [9.17, 15) is 5.11 Å². The third kappa shape index (κ3) is 2.40. The van der Waals surface area contributed by atoms with Gasteiger partial charge in [0.25, 0.3) is 0 Å². The number of hydrogen-bond donors (Lipinski definition) is 1. The molecular formula is C12H13NO3S. The Bertz CT molecular complexity index is 498. The summed E-state index contributed by atoms with van der Waals surface area (Å²) in [5.41, 5.74) is 0.685. The highest BCUT2D eigenvalue weighted by atomic mass is 32.1. The van der Waals surface area contributed by atoms with Crippen LogP contribution in [0.4, 0.5) is 0 Å². The quantitative estimate of drug-likeness (QED) is 0.905. The van der Waals surface area contributed by atoms with E-state index in [0.29, 0.717) is 17.1 Å². The van der Waals surface area contributed by atoms with Crippen molar-refractivity contribution in [3.63, 3.8) is 0 Å². The molecule has 17 heavy (non-hydrogen) atoms. The largest absolute Gasteiger partial charge is 0.495 e. The van der Waals surface area contributed by atoms with Gasteiger partial charge in [0.05, 0.1) is 25.3 Å². The van der Waals surface area contributed by atoms with Gasteiger partial charge in [0.15, 0.2) is 0 Å². The van der Waals surface area contributed by atoms with Crippen LogP contribution in [-0.4, -0.2) is 24.3 Å². The van der Waals surface area contributed by atoms with E-state index < -0.39 is 6.10 Å². The number of nitrogens with zero attached hydrogens (tertiary/aromatic N) is 1. The van der Waals surface area contributed by atoms with Gasteiger partial charge >= 0.3 is 0 Å². The zero-order valence-corrected chi connectivity index (χ0v) is 10.4. The van der Waals surface area contributed by atoms with Crippen LogP contribution < -0.4 is 9.47 Å². The molecule has 0 aliphatic heterocycles. The zero-order chi connectivity index (χ0) is 12.3. The van der Waals surface area contributed by atoms with E-state index >= 15 is 0 Å². The predicted molar refractivity (Wildman–Crippen MR) is 65.7 cm³/mol. The van der Waals surface area contributed by atoms with Crippen molar-refractivity contribution in [1.29, 1.82) is 0 Å². The Morgan fingerprint density at radius 3 is 2.82 bits per heavy atom. The number of aliphatic hydroxyl groups excluding tert-OH is 1. The maximum absolute atomic E-state index is 10.2. The van der Waals surface area contributed by atoms with Gasteiger partial charge in [0, 0.05) is 11.8 Å². The summed E-state index contributed by atoms with van der Waals surface area (Å²) in [5, 5.41) is 12.1. The SMILES string of the molecule is COc1cncc(C(O)c2sccc2OC)c1. The fourth-order valence-electron chi connectivity index (χ4n) is 1.53. The zero-order valence-electron chi connectivity index (χ0n) is 9.58. The maximum Gasteiger partial charge on any atom is 0.137 e. The minimum absolute atomic E-state index is 0.622. The van der Waals surface area contributed by atoms with Crippen molar-refractivity contribution in [2.45, 2.75) is 6.10 Å². The summed E-state index contributed by atoms with van der Waals surface area (Å²) in [6, 6.07) is 3.59. The lowest BCUT2D eigenvalue weighted by atomic mass is 10.1. The Labute approximate surface area is 103 Å². The van der Waals surface area contributed by atoms with Crippen LogP contribution in [0.5, 0.6) is 11.5 Å². The second kappa shape index (κ2) is 5.16. The van der Waals surface area contributed by atoms with Gasteiger partial charge in [-0.25, -0.2) is 0 Å². The first-order valence-electron chi connectivity index (χ1n) is 5.04. The van der Waals surface area contributed by atoms with E-state index in [1.165, 1.54) is 11.3 Å². The molecule has 1 atom stereocenters. The van der Waals surface area contributed by atoms with Crippen molar-refractivity contribution < 1.29 is 14.6 Å². The Hall–Kier alpha value is -1.59. The second-order valence-electron chi connectivity index (χ2n) is 3.41. The predicted octanol–water partition coefficient (Wildman–Crippen LogP) is 2.24. The summed E-state index contributed by atoms with van der Waals surface area (Å²) in [7, 11) is 3.15. The first-order chi connectivity index (χ1) is 8.26. The van der Waals surface area contributed by atoms with Crippen LogP contribution in [0.1, 0.15) is 16.5 Å². The Kier molecular flexibility index (Phi) is 3.61. The highest BCUT2D eigenvalue weighted by Gasteiger charge is 2.17. The average Bonchev–Trinajstić information content (AvgIpc) is 2.86. The molecule has 0 amide bonds. The van der Waals surface area contributed by atoms with Crippen molar-refractivity contribution in [3.05, 3.63) is 40.3 Å². The first kappa shape index (κ1) is 11.9. The fraction of sp³-hybridized carbons (Fsp3) is 0.250. The smallest absolute Gasteiger partial charge is 0.137 e. The molecule has 0 fully saturated rings. The fourth-order valence-corrected chi connectivity index (χ4v) is 2.40. The van der Waals surface area contributed by atoms with E-state index in [4.69, 9.17) is 9.47 Å². The molecule has 0 bridgehead atoms. The summed E-state index contributed by atoms with van der Waals surface area (Å²) in [5.74, 6) is 1.31. The van der Waals surface area contributed by atoms with E-state index in [1.54, 1.807) is 32.7 Å². The molecule has 4 nitrogen and oxygen atoms in total. The molecule has 2 aromatic heterocycles. The topological polar surface area (TPSA) is 51.6 Å². The standard InChI is InChI=1S/C12H13NO3S/c1-15-9-5-8(6-13-7-9)11(14)12-10(16-2)3-4-17-12/h3-7,11,14H,1-2H3. The minimum Gasteiger partial charge on any atom is -0.495 e. The average molecular weight is 251 g/mol. The molecule has 1 unspecified atom stereocenters. The minimum atomic E-state index is -0.743. The highest BCUT2D eigenvalue weighted by molar-refractivity contribution is 7.10. The molecular weight excluding hydrogens is 238 g/mol. The van der Waals surface area contributed by atoms with Crippen molar-refractivity contribution in [3.8, 4) is 11.5 Å². The summed E-state index contributed by atoms with van der Waals surface area (Å²) in [6.45, 7) is 0. The number of hydrogen-bond acceptors (Lipinski definition) is 5. The Balaban J connectivity index is 2.33. The number of aromatic nitrogens is 1.